The Morgan fingerprint density at radius 1 is 1.32 bits per heavy atom. The standard InChI is InChI=1S/C15H18N4O3/c1-11-14(20)19(12-7-3-2-4-8-12)17-13(16-11)15(21)18-9-5-6-10-22-18/h2-4,7-8,11H,5-6,9-10H2,1H3,(H,16,17). The maximum Gasteiger partial charge on any atom is 0.314 e. The number of para-hydroxylation sites is 1. The zero-order valence-electron chi connectivity index (χ0n) is 12.4. The Bertz CT molecular complexity index is 596. The van der Waals surface area contributed by atoms with Crippen LogP contribution in [0.15, 0.2) is 35.3 Å². The molecule has 1 aromatic carbocycles. The van der Waals surface area contributed by atoms with E-state index in [0.717, 1.165) is 12.8 Å². The monoisotopic (exact) mass is 302 g/mol. The van der Waals surface area contributed by atoms with Crippen LogP contribution in [0.25, 0.3) is 0 Å². The van der Waals surface area contributed by atoms with Gasteiger partial charge in [0.2, 0.25) is 5.84 Å². The molecule has 3 rings (SSSR count). The Morgan fingerprint density at radius 3 is 2.77 bits per heavy atom. The van der Waals surface area contributed by atoms with Crippen molar-refractivity contribution in [3.63, 3.8) is 0 Å². The number of aliphatic imine (C=N–C) groups is 1. The van der Waals surface area contributed by atoms with Crippen LogP contribution in [-0.4, -0.2) is 41.9 Å². The molecular weight excluding hydrogens is 284 g/mol. The predicted molar refractivity (Wildman–Crippen MR) is 80.9 cm³/mol. The number of benzene rings is 1. The smallest absolute Gasteiger partial charge is 0.271 e. The molecule has 1 atom stereocenters. The lowest BCUT2D eigenvalue weighted by atomic mass is 10.2. The first kappa shape index (κ1) is 14.5. The zero-order chi connectivity index (χ0) is 15.5. The van der Waals surface area contributed by atoms with Crippen LogP contribution in [0.2, 0.25) is 0 Å². The molecule has 0 aliphatic carbocycles. The minimum atomic E-state index is -0.620. The highest BCUT2D eigenvalue weighted by molar-refractivity contribution is 6.39. The van der Waals surface area contributed by atoms with Crippen molar-refractivity contribution in [3.8, 4) is 0 Å². The molecule has 7 heteroatoms. The summed E-state index contributed by atoms with van der Waals surface area (Å²) in [6.45, 7) is 2.73. The number of hydroxylamine groups is 2. The first-order valence-corrected chi connectivity index (χ1v) is 7.35. The van der Waals surface area contributed by atoms with E-state index in [4.69, 9.17) is 4.84 Å². The van der Waals surface area contributed by atoms with E-state index < -0.39 is 6.04 Å². The highest BCUT2D eigenvalue weighted by atomic mass is 16.7. The molecule has 2 heterocycles. The number of carbonyl (C=O) groups is 2. The molecule has 2 aliphatic heterocycles. The van der Waals surface area contributed by atoms with E-state index >= 15 is 0 Å². The fourth-order valence-electron chi connectivity index (χ4n) is 2.37. The summed E-state index contributed by atoms with van der Waals surface area (Å²) in [6.07, 6.45) is 1.84. The first-order valence-electron chi connectivity index (χ1n) is 7.35. The third kappa shape index (κ3) is 2.80. The first-order chi connectivity index (χ1) is 10.7. The van der Waals surface area contributed by atoms with Crippen LogP contribution in [0.1, 0.15) is 19.8 Å². The molecule has 0 saturated carbocycles. The topological polar surface area (TPSA) is 74.2 Å². The van der Waals surface area contributed by atoms with Crippen LogP contribution in [0.4, 0.5) is 5.69 Å². The number of nitrogens with one attached hydrogen (secondary N) is 1. The fourth-order valence-corrected chi connectivity index (χ4v) is 2.37. The average Bonchev–Trinajstić information content (AvgIpc) is 2.58. The summed E-state index contributed by atoms with van der Waals surface area (Å²) in [6, 6.07) is 8.49. The molecule has 1 aromatic rings. The number of hydrazine groups is 1. The number of amidine groups is 1. The predicted octanol–water partition coefficient (Wildman–Crippen LogP) is 0.879. The summed E-state index contributed by atoms with van der Waals surface area (Å²) in [4.78, 5) is 34.2. The molecule has 1 unspecified atom stereocenters. The van der Waals surface area contributed by atoms with Crippen molar-refractivity contribution < 1.29 is 14.4 Å². The molecule has 1 fully saturated rings. The van der Waals surface area contributed by atoms with Gasteiger partial charge in [-0.15, -0.1) is 0 Å². The number of rotatable bonds is 2. The van der Waals surface area contributed by atoms with Gasteiger partial charge in [0, 0.05) is 6.54 Å². The van der Waals surface area contributed by atoms with Gasteiger partial charge in [-0.3, -0.25) is 19.9 Å². The fraction of sp³-hybridized carbons (Fsp3) is 0.400. The van der Waals surface area contributed by atoms with Gasteiger partial charge in [0.15, 0.2) is 0 Å². The van der Waals surface area contributed by atoms with Crippen molar-refractivity contribution in [1.82, 2.24) is 10.5 Å². The SMILES string of the molecule is CC1N=C(C(=O)N2CCCCO2)NN(c2ccccc2)C1=O. The highest BCUT2D eigenvalue weighted by Gasteiger charge is 2.33. The van der Waals surface area contributed by atoms with Crippen molar-refractivity contribution in [2.75, 3.05) is 18.2 Å². The molecular formula is C15H18N4O3. The molecule has 0 spiro atoms. The van der Waals surface area contributed by atoms with E-state index in [-0.39, 0.29) is 17.6 Å². The van der Waals surface area contributed by atoms with Gasteiger partial charge in [0.05, 0.1) is 12.3 Å². The second kappa shape index (κ2) is 6.15. The maximum atomic E-state index is 12.5. The number of amides is 2. The quantitative estimate of drug-likeness (QED) is 0.880. The van der Waals surface area contributed by atoms with E-state index in [0.29, 0.717) is 18.8 Å². The summed E-state index contributed by atoms with van der Waals surface area (Å²) >= 11 is 0. The molecule has 1 N–H and O–H groups in total. The Kier molecular flexibility index (Phi) is 4.06. The van der Waals surface area contributed by atoms with Crippen molar-refractivity contribution in [3.05, 3.63) is 30.3 Å². The van der Waals surface area contributed by atoms with Crippen molar-refractivity contribution in [2.24, 2.45) is 4.99 Å². The van der Waals surface area contributed by atoms with Gasteiger partial charge in [0.25, 0.3) is 5.91 Å². The maximum absolute atomic E-state index is 12.5. The summed E-state index contributed by atoms with van der Waals surface area (Å²) in [7, 11) is 0. The third-order valence-corrected chi connectivity index (χ3v) is 3.56. The summed E-state index contributed by atoms with van der Waals surface area (Å²) in [5.74, 6) is -0.430. The van der Waals surface area contributed by atoms with Crippen LogP contribution in [-0.2, 0) is 14.4 Å². The van der Waals surface area contributed by atoms with Gasteiger partial charge >= 0.3 is 5.91 Å². The largest absolute Gasteiger partial charge is 0.314 e. The van der Waals surface area contributed by atoms with Crippen LogP contribution in [0.3, 0.4) is 0 Å². The van der Waals surface area contributed by atoms with Gasteiger partial charge in [-0.25, -0.2) is 15.1 Å². The normalized spacial score (nSPS) is 22.1. The van der Waals surface area contributed by atoms with Gasteiger partial charge in [-0.2, -0.15) is 0 Å². The molecule has 2 aliphatic rings. The van der Waals surface area contributed by atoms with Crippen molar-refractivity contribution in [2.45, 2.75) is 25.8 Å². The molecule has 0 radical (unpaired) electrons. The molecule has 1 saturated heterocycles. The summed E-state index contributed by atoms with van der Waals surface area (Å²) < 4.78 is 0. The number of hydrogen-bond donors (Lipinski definition) is 1. The van der Waals surface area contributed by atoms with E-state index in [1.54, 1.807) is 19.1 Å². The van der Waals surface area contributed by atoms with Crippen molar-refractivity contribution >= 4 is 23.3 Å². The van der Waals surface area contributed by atoms with Crippen LogP contribution >= 0.6 is 0 Å². The Hall–Kier alpha value is -2.41. The minimum absolute atomic E-state index is 0.123. The number of hydrogen-bond acceptors (Lipinski definition) is 5. The number of carbonyl (C=O) groups excluding carboxylic acids is 2. The summed E-state index contributed by atoms with van der Waals surface area (Å²) in [5, 5.41) is 2.66. The van der Waals surface area contributed by atoms with Gasteiger partial charge in [0.1, 0.15) is 6.04 Å². The lowest BCUT2D eigenvalue weighted by Gasteiger charge is -2.33. The lowest BCUT2D eigenvalue weighted by Crippen LogP contribution is -2.58. The van der Waals surface area contributed by atoms with Crippen molar-refractivity contribution in [1.29, 1.82) is 0 Å². The molecule has 0 bridgehead atoms. The van der Waals surface area contributed by atoms with Gasteiger partial charge < -0.3 is 0 Å². The van der Waals surface area contributed by atoms with E-state index in [1.807, 2.05) is 18.2 Å². The average molecular weight is 302 g/mol. The van der Waals surface area contributed by atoms with Crippen LogP contribution < -0.4 is 10.4 Å². The highest BCUT2D eigenvalue weighted by Crippen LogP contribution is 2.17. The van der Waals surface area contributed by atoms with Gasteiger partial charge in [-0.05, 0) is 31.9 Å². The molecule has 7 nitrogen and oxygen atoms in total. The number of nitrogens with zero attached hydrogens (tertiary/aromatic N) is 3. The number of anilines is 1. The second-order valence-electron chi connectivity index (χ2n) is 5.22. The second-order valence-corrected chi connectivity index (χ2v) is 5.22. The summed E-state index contributed by atoms with van der Waals surface area (Å²) in [5.41, 5.74) is 3.48. The van der Waals surface area contributed by atoms with E-state index in [1.165, 1.54) is 10.1 Å². The van der Waals surface area contributed by atoms with E-state index in [2.05, 4.69) is 10.4 Å². The third-order valence-electron chi connectivity index (χ3n) is 3.56. The van der Waals surface area contributed by atoms with E-state index in [9.17, 15) is 9.59 Å². The molecule has 2 amide bonds. The Labute approximate surface area is 128 Å². The molecule has 116 valence electrons. The lowest BCUT2D eigenvalue weighted by molar-refractivity contribution is -0.189. The van der Waals surface area contributed by atoms with Gasteiger partial charge in [-0.1, -0.05) is 18.2 Å². The molecule has 0 aromatic heterocycles. The van der Waals surface area contributed by atoms with Crippen LogP contribution in [0.5, 0.6) is 0 Å². The Morgan fingerprint density at radius 2 is 2.09 bits per heavy atom. The van der Waals surface area contributed by atoms with Crippen LogP contribution in [0, 0.1) is 0 Å². The Balaban J connectivity index is 1.82. The minimum Gasteiger partial charge on any atom is -0.271 e. The zero-order valence-corrected chi connectivity index (χ0v) is 12.4. The molecule has 22 heavy (non-hydrogen) atoms.